The van der Waals surface area contributed by atoms with Crippen LogP contribution in [0.25, 0.3) is 0 Å². The molecule has 1 aliphatic rings. The van der Waals surface area contributed by atoms with Crippen LogP contribution in [-0.4, -0.2) is 11.7 Å². The van der Waals surface area contributed by atoms with Crippen LogP contribution in [0.2, 0.25) is 0 Å². The van der Waals surface area contributed by atoms with Crippen LogP contribution in [0, 0.1) is 17.8 Å². The van der Waals surface area contributed by atoms with E-state index in [4.69, 9.17) is 5.11 Å². The summed E-state index contributed by atoms with van der Waals surface area (Å²) in [5.41, 5.74) is 1.45. The molecule has 0 heterocycles. The molecular formula is C14H26O. The molecule has 0 aliphatic heterocycles. The molecule has 3 unspecified atom stereocenters. The van der Waals surface area contributed by atoms with Gasteiger partial charge in [0.25, 0.3) is 0 Å². The summed E-state index contributed by atoms with van der Waals surface area (Å²) in [6, 6.07) is 0. The molecule has 0 amide bonds. The predicted octanol–water partition coefficient (Wildman–Crippen LogP) is 3.78. The van der Waals surface area contributed by atoms with Crippen molar-refractivity contribution < 1.29 is 5.11 Å². The zero-order valence-corrected chi connectivity index (χ0v) is 10.5. The van der Waals surface area contributed by atoms with E-state index in [1.54, 1.807) is 0 Å². The van der Waals surface area contributed by atoms with E-state index in [0.717, 1.165) is 24.2 Å². The Hall–Kier alpha value is -0.300. The van der Waals surface area contributed by atoms with Crippen molar-refractivity contribution in [2.75, 3.05) is 6.61 Å². The van der Waals surface area contributed by atoms with Gasteiger partial charge < -0.3 is 5.11 Å². The van der Waals surface area contributed by atoms with Crippen molar-refractivity contribution in [1.82, 2.24) is 0 Å². The van der Waals surface area contributed by atoms with Crippen molar-refractivity contribution in [3.05, 3.63) is 11.6 Å². The fourth-order valence-corrected chi connectivity index (χ4v) is 2.83. The SMILES string of the molecule is CC(C)=CC1CCC(C)C(CCCO)C1. The van der Waals surface area contributed by atoms with E-state index in [-0.39, 0.29) is 0 Å². The summed E-state index contributed by atoms with van der Waals surface area (Å²) in [4.78, 5) is 0. The van der Waals surface area contributed by atoms with Gasteiger partial charge in [-0.2, -0.15) is 0 Å². The Morgan fingerprint density at radius 1 is 1.33 bits per heavy atom. The minimum atomic E-state index is 0.358. The van der Waals surface area contributed by atoms with Gasteiger partial charge >= 0.3 is 0 Å². The number of aliphatic hydroxyl groups excluding tert-OH is 1. The highest BCUT2D eigenvalue weighted by atomic mass is 16.2. The standard InChI is InChI=1S/C14H26O/c1-11(2)9-13-7-6-12(3)14(10-13)5-4-8-15/h9,12-15H,4-8,10H2,1-3H3. The Kier molecular flexibility index (Phi) is 5.38. The van der Waals surface area contributed by atoms with E-state index >= 15 is 0 Å². The maximum Gasteiger partial charge on any atom is 0.0431 e. The zero-order valence-electron chi connectivity index (χ0n) is 10.5. The van der Waals surface area contributed by atoms with Gasteiger partial charge in [-0.3, -0.25) is 0 Å². The first kappa shape index (κ1) is 12.8. The largest absolute Gasteiger partial charge is 0.396 e. The summed E-state index contributed by atoms with van der Waals surface area (Å²) < 4.78 is 0. The summed E-state index contributed by atoms with van der Waals surface area (Å²) in [5.74, 6) is 2.50. The summed E-state index contributed by atoms with van der Waals surface area (Å²) >= 11 is 0. The first-order valence-corrected chi connectivity index (χ1v) is 6.39. The number of aliphatic hydroxyl groups is 1. The van der Waals surface area contributed by atoms with Gasteiger partial charge in [-0.15, -0.1) is 0 Å². The third-order valence-electron chi connectivity index (χ3n) is 3.71. The first-order valence-electron chi connectivity index (χ1n) is 6.39. The van der Waals surface area contributed by atoms with Crippen LogP contribution < -0.4 is 0 Å². The van der Waals surface area contributed by atoms with Crippen molar-refractivity contribution in [3.8, 4) is 0 Å². The van der Waals surface area contributed by atoms with Crippen LogP contribution in [0.3, 0.4) is 0 Å². The Balaban J connectivity index is 2.44. The lowest BCUT2D eigenvalue weighted by Crippen LogP contribution is -2.22. The van der Waals surface area contributed by atoms with Crippen LogP contribution in [0.15, 0.2) is 11.6 Å². The normalized spacial score (nSPS) is 31.3. The zero-order chi connectivity index (χ0) is 11.3. The van der Waals surface area contributed by atoms with E-state index in [1.807, 2.05) is 0 Å². The molecule has 1 heteroatoms. The number of allylic oxidation sites excluding steroid dienone is 2. The first-order chi connectivity index (χ1) is 7.13. The van der Waals surface area contributed by atoms with Gasteiger partial charge in [0.15, 0.2) is 0 Å². The lowest BCUT2D eigenvalue weighted by atomic mass is 9.73. The Morgan fingerprint density at radius 3 is 2.67 bits per heavy atom. The van der Waals surface area contributed by atoms with Crippen molar-refractivity contribution in [3.63, 3.8) is 0 Å². The van der Waals surface area contributed by atoms with Crippen molar-refractivity contribution in [2.24, 2.45) is 17.8 Å². The maximum atomic E-state index is 8.88. The van der Waals surface area contributed by atoms with Crippen molar-refractivity contribution in [1.29, 1.82) is 0 Å². The number of hydrogen-bond acceptors (Lipinski definition) is 1. The fourth-order valence-electron chi connectivity index (χ4n) is 2.83. The molecule has 0 aromatic heterocycles. The molecule has 1 nitrogen and oxygen atoms in total. The van der Waals surface area contributed by atoms with Crippen molar-refractivity contribution >= 4 is 0 Å². The van der Waals surface area contributed by atoms with Crippen molar-refractivity contribution in [2.45, 2.75) is 52.9 Å². The third-order valence-corrected chi connectivity index (χ3v) is 3.71. The molecule has 1 saturated carbocycles. The van der Waals surface area contributed by atoms with E-state index < -0.39 is 0 Å². The average molecular weight is 210 g/mol. The summed E-state index contributed by atoms with van der Waals surface area (Å²) in [6.07, 6.45) is 8.71. The number of rotatable bonds is 4. The second-order valence-electron chi connectivity index (χ2n) is 5.42. The molecule has 1 rings (SSSR count). The fraction of sp³-hybridized carbons (Fsp3) is 0.857. The molecule has 15 heavy (non-hydrogen) atoms. The monoisotopic (exact) mass is 210 g/mol. The lowest BCUT2D eigenvalue weighted by molar-refractivity contribution is 0.186. The van der Waals surface area contributed by atoms with Crippen LogP contribution in [-0.2, 0) is 0 Å². The molecular weight excluding hydrogens is 184 g/mol. The highest BCUT2D eigenvalue weighted by molar-refractivity contribution is 4.99. The van der Waals surface area contributed by atoms with E-state index in [1.165, 1.54) is 31.3 Å². The van der Waals surface area contributed by atoms with E-state index in [0.29, 0.717) is 6.61 Å². The van der Waals surface area contributed by atoms with Gasteiger partial charge in [0.05, 0.1) is 0 Å². The lowest BCUT2D eigenvalue weighted by Gasteiger charge is -2.33. The van der Waals surface area contributed by atoms with Gasteiger partial charge in [-0.05, 0) is 63.7 Å². The van der Waals surface area contributed by atoms with Crippen LogP contribution in [0.4, 0.5) is 0 Å². The Morgan fingerprint density at radius 2 is 2.07 bits per heavy atom. The van der Waals surface area contributed by atoms with Gasteiger partial charge in [-0.1, -0.05) is 18.6 Å². The maximum absolute atomic E-state index is 8.88. The molecule has 3 atom stereocenters. The average Bonchev–Trinajstić information content (AvgIpc) is 2.18. The molecule has 88 valence electrons. The topological polar surface area (TPSA) is 20.2 Å². The summed E-state index contributed by atoms with van der Waals surface area (Å²) in [6.45, 7) is 7.12. The second-order valence-corrected chi connectivity index (χ2v) is 5.42. The minimum Gasteiger partial charge on any atom is -0.396 e. The van der Waals surface area contributed by atoms with Crippen LogP contribution >= 0.6 is 0 Å². The van der Waals surface area contributed by atoms with Gasteiger partial charge in [0.2, 0.25) is 0 Å². The molecule has 0 radical (unpaired) electrons. The molecule has 1 fully saturated rings. The molecule has 1 aliphatic carbocycles. The minimum absolute atomic E-state index is 0.358. The number of hydrogen-bond donors (Lipinski definition) is 1. The highest BCUT2D eigenvalue weighted by Gasteiger charge is 2.25. The molecule has 0 aromatic rings. The van der Waals surface area contributed by atoms with Gasteiger partial charge in [0.1, 0.15) is 0 Å². The third kappa shape index (κ3) is 4.38. The molecule has 0 bridgehead atoms. The Labute approximate surface area is 94.6 Å². The Bertz CT molecular complexity index is 203. The van der Waals surface area contributed by atoms with Crippen LogP contribution in [0.1, 0.15) is 52.9 Å². The van der Waals surface area contributed by atoms with E-state index in [9.17, 15) is 0 Å². The molecule has 0 saturated heterocycles. The highest BCUT2D eigenvalue weighted by Crippen LogP contribution is 2.37. The molecule has 1 N–H and O–H groups in total. The van der Waals surface area contributed by atoms with Crippen LogP contribution in [0.5, 0.6) is 0 Å². The molecule has 0 spiro atoms. The van der Waals surface area contributed by atoms with Gasteiger partial charge in [0, 0.05) is 6.61 Å². The quantitative estimate of drug-likeness (QED) is 0.700. The predicted molar refractivity (Wildman–Crippen MR) is 65.7 cm³/mol. The van der Waals surface area contributed by atoms with E-state index in [2.05, 4.69) is 26.8 Å². The van der Waals surface area contributed by atoms with Gasteiger partial charge in [-0.25, -0.2) is 0 Å². The second kappa shape index (κ2) is 6.32. The molecule has 0 aromatic carbocycles. The smallest absolute Gasteiger partial charge is 0.0431 e. The summed E-state index contributed by atoms with van der Waals surface area (Å²) in [5, 5.41) is 8.88. The summed E-state index contributed by atoms with van der Waals surface area (Å²) in [7, 11) is 0.